The largest absolute Gasteiger partial charge is 0.366 e. The Kier molecular flexibility index (Phi) is 6.17. The summed E-state index contributed by atoms with van der Waals surface area (Å²) in [7, 11) is 0. The summed E-state index contributed by atoms with van der Waals surface area (Å²) in [6, 6.07) is 5.26. The van der Waals surface area contributed by atoms with Gasteiger partial charge in [0.15, 0.2) is 0 Å². The lowest BCUT2D eigenvalue weighted by Gasteiger charge is -2.26. The van der Waals surface area contributed by atoms with Gasteiger partial charge in [0, 0.05) is 18.2 Å². The lowest BCUT2D eigenvalue weighted by Crippen LogP contribution is -2.34. The minimum atomic E-state index is -0.568. The Hall–Kier alpha value is -1.39. The fraction of sp³-hybridized carbons (Fsp3) is 0.467. The van der Waals surface area contributed by atoms with E-state index in [2.05, 4.69) is 25.7 Å². The number of nitrogens with two attached hydrogens (primary N) is 1. The monoisotopic (exact) mass is 295 g/mol. The summed E-state index contributed by atoms with van der Waals surface area (Å²) in [4.78, 5) is 13.6. The van der Waals surface area contributed by atoms with Crippen molar-refractivity contribution < 1.29 is 4.79 Å². The zero-order valence-electron chi connectivity index (χ0n) is 12.2. The van der Waals surface area contributed by atoms with E-state index in [9.17, 15) is 4.79 Å². The van der Waals surface area contributed by atoms with Crippen LogP contribution in [0.5, 0.6) is 0 Å². The fourth-order valence-electron chi connectivity index (χ4n) is 2.29. The van der Waals surface area contributed by atoms with Crippen molar-refractivity contribution in [2.24, 2.45) is 5.73 Å². The summed E-state index contributed by atoms with van der Waals surface area (Å²) in [6.07, 6.45) is 0.627. The molecule has 0 saturated heterocycles. The summed E-state index contributed by atoms with van der Waals surface area (Å²) in [6.45, 7) is 8.23. The van der Waals surface area contributed by atoms with Crippen molar-refractivity contribution in [2.45, 2.75) is 33.2 Å². The fourth-order valence-corrected chi connectivity index (χ4v) is 2.50. The predicted octanol–water partition coefficient (Wildman–Crippen LogP) is 2.93. The number of hydrogen-bond donors (Lipinski definition) is 2. The van der Waals surface area contributed by atoms with E-state index in [0.29, 0.717) is 22.7 Å². The second-order valence-electron chi connectivity index (χ2n) is 4.81. The Morgan fingerprint density at radius 3 is 2.50 bits per heavy atom. The van der Waals surface area contributed by atoms with Crippen molar-refractivity contribution >= 4 is 23.2 Å². The molecule has 1 rings (SSSR count). The van der Waals surface area contributed by atoms with Crippen molar-refractivity contribution in [3.8, 4) is 0 Å². The number of carbonyl (C=O) groups excluding carboxylic acids is 1. The van der Waals surface area contributed by atoms with Crippen molar-refractivity contribution in [3.05, 3.63) is 34.3 Å². The van der Waals surface area contributed by atoms with Crippen molar-refractivity contribution in [1.29, 1.82) is 5.41 Å². The topological polar surface area (TPSA) is 70.2 Å². The molecule has 0 heterocycles. The van der Waals surface area contributed by atoms with E-state index in [-0.39, 0.29) is 11.6 Å². The van der Waals surface area contributed by atoms with Crippen LogP contribution in [0.4, 0.5) is 0 Å². The van der Waals surface area contributed by atoms with Crippen molar-refractivity contribution in [1.82, 2.24) is 4.90 Å². The third kappa shape index (κ3) is 4.05. The number of primary amides is 1. The first-order chi connectivity index (χ1) is 9.40. The molecule has 0 saturated carbocycles. The molecule has 110 valence electrons. The standard InChI is InChI=1S/C15H22ClN3O/c1-4-19(5-2)10(3)8-14(17)11-6-7-13(16)12(9-11)15(18)20/h6-7,9-10,17H,4-5,8H2,1-3H3,(H2,18,20). The predicted molar refractivity (Wildman–Crippen MR) is 83.8 cm³/mol. The lowest BCUT2D eigenvalue weighted by atomic mass is 10.0. The number of halogens is 1. The lowest BCUT2D eigenvalue weighted by molar-refractivity contribution is 0.100. The second kappa shape index (κ2) is 7.41. The van der Waals surface area contributed by atoms with Gasteiger partial charge in [0.1, 0.15) is 0 Å². The first-order valence-electron chi connectivity index (χ1n) is 6.81. The molecule has 0 fully saturated rings. The summed E-state index contributed by atoms with van der Waals surface area (Å²) >= 11 is 5.92. The molecule has 1 atom stereocenters. The number of amides is 1. The molecule has 0 aliphatic carbocycles. The van der Waals surface area contributed by atoms with Crippen molar-refractivity contribution in [3.63, 3.8) is 0 Å². The Labute approximate surface area is 125 Å². The molecule has 1 aromatic rings. The highest BCUT2D eigenvalue weighted by molar-refractivity contribution is 6.34. The average molecular weight is 296 g/mol. The molecule has 1 aromatic carbocycles. The van der Waals surface area contributed by atoms with E-state index in [4.69, 9.17) is 22.7 Å². The van der Waals surface area contributed by atoms with E-state index in [0.717, 1.165) is 13.1 Å². The minimum absolute atomic E-state index is 0.268. The quantitative estimate of drug-likeness (QED) is 0.759. The highest BCUT2D eigenvalue weighted by Gasteiger charge is 2.15. The third-order valence-corrected chi connectivity index (χ3v) is 3.85. The molecule has 3 N–H and O–H groups in total. The molecule has 0 spiro atoms. The molecule has 4 nitrogen and oxygen atoms in total. The van der Waals surface area contributed by atoms with Gasteiger partial charge in [0.25, 0.3) is 0 Å². The summed E-state index contributed by atoms with van der Waals surface area (Å²) in [5, 5.41) is 8.51. The summed E-state index contributed by atoms with van der Waals surface area (Å²) in [5.41, 5.74) is 6.73. The third-order valence-electron chi connectivity index (χ3n) is 3.52. The Balaban J connectivity index is 2.88. The molecular weight excluding hydrogens is 274 g/mol. The average Bonchev–Trinajstić information content (AvgIpc) is 2.40. The molecular formula is C15H22ClN3O. The number of rotatable bonds is 7. The number of carbonyl (C=O) groups is 1. The van der Waals surface area contributed by atoms with E-state index < -0.39 is 5.91 Å². The first kappa shape index (κ1) is 16.7. The zero-order valence-corrected chi connectivity index (χ0v) is 13.0. The van der Waals surface area contributed by atoms with E-state index >= 15 is 0 Å². The van der Waals surface area contributed by atoms with Gasteiger partial charge in [-0.2, -0.15) is 0 Å². The Morgan fingerprint density at radius 2 is 2.00 bits per heavy atom. The zero-order chi connectivity index (χ0) is 15.3. The van der Waals surface area contributed by atoms with Crippen LogP contribution in [0.25, 0.3) is 0 Å². The van der Waals surface area contributed by atoms with Crippen LogP contribution in [0, 0.1) is 5.41 Å². The van der Waals surface area contributed by atoms with Crippen LogP contribution < -0.4 is 5.73 Å². The van der Waals surface area contributed by atoms with Crippen LogP contribution in [0.1, 0.15) is 43.1 Å². The highest BCUT2D eigenvalue weighted by atomic mass is 35.5. The maximum atomic E-state index is 11.3. The molecule has 0 bridgehead atoms. The second-order valence-corrected chi connectivity index (χ2v) is 5.22. The maximum absolute atomic E-state index is 11.3. The van der Waals surface area contributed by atoms with E-state index in [1.54, 1.807) is 18.2 Å². The minimum Gasteiger partial charge on any atom is -0.366 e. The molecule has 1 unspecified atom stereocenters. The highest BCUT2D eigenvalue weighted by Crippen LogP contribution is 2.19. The van der Waals surface area contributed by atoms with Crippen LogP contribution in [0.3, 0.4) is 0 Å². The van der Waals surface area contributed by atoms with Gasteiger partial charge >= 0.3 is 0 Å². The number of hydrogen-bond acceptors (Lipinski definition) is 3. The van der Waals surface area contributed by atoms with Crippen LogP contribution in [0.2, 0.25) is 5.02 Å². The number of nitrogens with zero attached hydrogens (tertiary/aromatic N) is 1. The molecule has 5 heteroatoms. The maximum Gasteiger partial charge on any atom is 0.250 e. The molecule has 0 aliphatic rings. The van der Waals surface area contributed by atoms with Gasteiger partial charge in [-0.15, -0.1) is 0 Å². The summed E-state index contributed by atoms with van der Waals surface area (Å²) < 4.78 is 0. The Morgan fingerprint density at radius 1 is 1.40 bits per heavy atom. The molecule has 20 heavy (non-hydrogen) atoms. The van der Waals surface area contributed by atoms with Gasteiger partial charge in [0.2, 0.25) is 5.91 Å². The first-order valence-corrected chi connectivity index (χ1v) is 7.19. The smallest absolute Gasteiger partial charge is 0.250 e. The van der Waals surface area contributed by atoms with Crippen LogP contribution in [0.15, 0.2) is 18.2 Å². The number of benzene rings is 1. The SMILES string of the molecule is CCN(CC)C(C)CC(=N)c1ccc(Cl)c(C(N)=O)c1. The van der Waals surface area contributed by atoms with E-state index in [1.165, 1.54) is 0 Å². The number of nitrogens with one attached hydrogen (secondary N) is 1. The van der Waals surface area contributed by atoms with Crippen LogP contribution >= 0.6 is 11.6 Å². The van der Waals surface area contributed by atoms with Crippen molar-refractivity contribution in [2.75, 3.05) is 13.1 Å². The molecule has 0 radical (unpaired) electrons. The van der Waals surface area contributed by atoms with Gasteiger partial charge in [-0.25, -0.2) is 0 Å². The molecule has 0 aliphatic heterocycles. The summed E-state index contributed by atoms with van der Waals surface area (Å²) in [5.74, 6) is -0.568. The van der Waals surface area contributed by atoms with Gasteiger partial charge in [-0.05, 0) is 37.7 Å². The van der Waals surface area contributed by atoms with Gasteiger partial charge in [-0.1, -0.05) is 31.5 Å². The molecule has 1 amide bonds. The van der Waals surface area contributed by atoms with Crippen LogP contribution in [-0.4, -0.2) is 35.7 Å². The van der Waals surface area contributed by atoms with E-state index in [1.807, 2.05) is 0 Å². The van der Waals surface area contributed by atoms with Gasteiger partial charge in [0.05, 0.1) is 10.6 Å². The normalized spacial score (nSPS) is 12.4. The van der Waals surface area contributed by atoms with Gasteiger partial charge < -0.3 is 16.0 Å². The molecule has 0 aromatic heterocycles. The van der Waals surface area contributed by atoms with Crippen LogP contribution in [-0.2, 0) is 0 Å². The van der Waals surface area contributed by atoms with Gasteiger partial charge in [-0.3, -0.25) is 4.79 Å². The Bertz CT molecular complexity index is 498.